The highest BCUT2D eigenvalue weighted by molar-refractivity contribution is 7.92. The summed E-state index contributed by atoms with van der Waals surface area (Å²) in [5.74, 6) is -0.890. The summed E-state index contributed by atoms with van der Waals surface area (Å²) in [5.41, 5.74) is 0.215. The number of halogens is 1. The van der Waals surface area contributed by atoms with E-state index in [1.165, 1.54) is 23.5 Å². The molecule has 3 aromatic rings. The van der Waals surface area contributed by atoms with Gasteiger partial charge in [-0.15, -0.1) is 10.2 Å². The third-order valence-electron chi connectivity index (χ3n) is 3.69. The largest absolute Gasteiger partial charge is 0.296 e. The molecular weight excluding hydrogens is 403 g/mol. The number of hydrogen-bond acceptors (Lipinski definition) is 6. The highest BCUT2D eigenvalue weighted by atomic mass is 32.2. The van der Waals surface area contributed by atoms with Crippen LogP contribution in [0.2, 0.25) is 0 Å². The maximum atomic E-state index is 13.1. The van der Waals surface area contributed by atoms with Gasteiger partial charge in [-0.2, -0.15) is 0 Å². The zero-order valence-electron chi connectivity index (χ0n) is 15.0. The Balaban J connectivity index is 1.84. The van der Waals surface area contributed by atoms with Crippen LogP contribution in [0.4, 0.5) is 15.2 Å². The summed E-state index contributed by atoms with van der Waals surface area (Å²) in [4.78, 5) is 12.5. The van der Waals surface area contributed by atoms with Gasteiger partial charge in [0.15, 0.2) is 0 Å². The van der Waals surface area contributed by atoms with Crippen LogP contribution in [0.25, 0.3) is 0 Å². The molecule has 0 fully saturated rings. The van der Waals surface area contributed by atoms with Crippen molar-refractivity contribution >= 4 is 38.1 Å². The van der Waals surface area contributed by atoms with Gasteiger partial charge in [-0.25, -0.2) is 12.8 Å². The highest BCUT2D eigenvalue weighted by Crippen LogP contribution is 2.25. The molecule has 3 rings (SSSR count). The topological polar surface area (TPSA) is 101 Å². The van der Waals surface area contributed by atoms with Gasteiger partial charge in [0.1, 0.15) is 10.8 Å². The predicted octanol–water partition coefficient (Wildman–Crippen LogP) is 3.85. The van der Waals surface area contributed by atoms with Crippen LogP contribution in [0, 0.1) is 5.82 Å². The standard InChI is InChI=1S/C18H17FN4O3S2/c1-11(2)17-21-22-18(27-17)20-16(24)14-5-3-4-6-15(14)23-28(25,26)13-9-7-12(19)8-10-13/h3-11,23H,1-2H3,(H,20,22,24). The lowest BCUT2D eigenvalue weighted by Gasteiger charge is -2.12. The number of rotatable bonds is 6. The highest BCUT2D eigenvalue weighted by Gasteiger charge is 2.20. The lowest BCUT2D eigenvalue weighted by molar-refractivity contribution is 0.102. The van der Waals surface area contributed by atoms with E-state index in [1.54, 1.807) is 12.1 Å². The molecule has 1 amide bonds. The number of nitrogens with one attached hydrogen (secondary N) is 2. The number of nitrogens with zero attached hydrogens (tertiary/aromatic N) is 2. The van der Waals surface area contributed by atoms with Crippen molar-refractivity contribution < 1.29 is 17.6 Å². The first-order valence-corrected chi connectivity index (χ1v) is 10.6. The van der Waals surface area contributed by atoms with Gasteiger partial charge in [0.25, 0.3) is 15.9 Å². The second-order valence-electron chi connectivity index (χ2n) is 6.16. The lowest BCUT2D eigenvalue weighted by atomic mass is 10.2. The van der Waals surface area contributed by atoms with Gasteiger partial charge in [0.05, 0.1) is 16.1 Å². The molecule has 0 aliphatic carbocycles. The second-order valence-corrected chi connectivity index (χ2v) is 8.85. The van der Waals surface area contributed by atoms with Crippen LogP contribution in [0.1, 0.15) is 35.1 Å². The third-order valence-corrected chi connectivity index (χ3v) is 6.22. The Kier molecular flexibility index (Phi) is 5.71. The number of para-hydroxylation sites is 1. The van der Waals surface area contributed by atoms with Crippen LogP contribution in [0.15, 0.2) is 53.4 Å². The maximum Gasteiger partial charge on any atom is 0.261 e. The normalized spacial score (nSPS) is 11.4. The molecule has 2 N–H and O–H groups in total. The summed E-state index contributed by atoms with van der Waals surface area (Å²) >= 11 is 1.25. The average Bonchev–Trinajstić information content (AvgIpc) is 3.11. The summed E-state index contributed by atoms with van der Waals surface area (Å²) in [6.45, 7) is 3.93. The zero-order valence-corrected chi connectivity index (χ0v) is 16.6. The van der Waals surface area contributed by atoms with Crippen molar-refractivity contribution in [2.75, 3.05) is 10.0 Å². The summed E-state index contributed by atoms with van der Waals surface area (Å²) in [6, 6.07) is 10.6. The summed E-state index contributed by atoms with van der Waals surface area (Å²) < 4.78 is 40.5. The van der Waals surface area contributed by atoms with Crippen molar-refractivity contribution in [2.24, 2.45) is 0 Å². The first kappa shape index (κ1) is 19.9. The lowest BCUT2D eigenvalue weighted by Crippen LogP contribution is -2.18. The van der Waals surface area contributed by atoms with Crippen LogP contribution in [0.5, 0.6) is 0 Å². The molecule has 0 saturated carbocycles. The van der Waals surface area contributed by atoms with Gasteiger partial charge >= 0.3 is 0 Å². The van der Waals surface area contributed by atoms with E-state index < -0.39 is 21.7 Å². The SMILES string of the molecule is CC(C)c1nnc(NC(=O)c2ccccc2NS(=O)(=O)c2ccc(F)cc2)s1. The molecule has 28 heavy (non-hydrogen) atoms. The first-order valence-electron chi connectivity index (χ1n) is 8.28. The minimum atomic E-state index is -3.99. The Bertz CT molecular complexity index is 1100. The molecule has 2 aromatic carbocycles. The van der Waals surface area contributed by atoms with E-state index in [2.05, 4.69) is 20.2 Å². The van der Waals surface area contributed by atoms with E-state index in [0.29, 0.717) is 5.13 Å². The number of sulfonamides is 1. The third kappa shape index (κ3) is 4.52. The fraction of sp³-hybridized carbons (Fsp3) is 0.167. The fourth-order valence-electron chi connectivity index (χ4n) is 2.27. The van der Waals surface area contributed by atoms with Crippen molar-refractivity contribution in [1.29, 1.82) is 0 Å². The molecule has 146 valence electrons. The van der Waals surface area contributed by atoms with Gasteiger partial charge in [-0.1, -0.05) is 37.3 Å². The van der Waals surface area contributed by atoms with E-state index in [9.17, 15) is 17.6 Å². The number of aromatic nitrogens is 2. The molecule has 0 spiro atoms. The molecule has 0 aliphatic rings. The molecule has 1 aromatic heterocycles. The molecule has 10 heteroatoms. The van der Waals surface area contributed by atoms with Crippen molar-refractivity contribution in [1.82, 2.24) is 10.2 Å². The van der Waals surface area contributed by atoms with E-state index >= 15 is 0 Å². The molecule has 1 heterocycles. The van der Waals surface area contributed by atoms with E-state index in [1.807, 2.05) is 13.8 Å². The fourth-order valence-corrected chi connectivity index (χ4v) is 4.09. The smallest absolute Gasteiger partial charge is 0.261 e. The van der Waals surface area contributed by atoms with E-state index in [-0.39, 0.29) is 22.1 Å². The molecule has 0 unspecified atom stereocenters. The Morgan fingerprint density at radius 3 is 2.39 bits per heavy atom. The number of benzene rings is 2. The number of carbonyl (C=O) groups is 1. The van der Waals surface area contributed by atoms with E-state index in [0.717, 1.165) is 29.3 Å². The molecule has 0 bridgehead atoms. The van der Waals surface area contributed by atoms with Gasteiger partial charge in [0.2, 0.25) is 5.13 Å². The van der Waals surface area contributed by atoms with Gasteiger partial charge in [0, 0.05) is 5.92 Å². The Hall–Kier alpha value is -2.85. The average molecular weight is 420 g/mol. The van der Waals surface area contributed by atoms with Gasteiger partial charge < -0.3 is 0 Å². The van der Waals surface area contributed by atoms with Crippen LogP contribution in [0.3, 0.4) is 0 Å². The van der Waals surface area contributed by atoms with Crippen LogP contribution in [-0.2, 0) is 10.0 Å². The predicted molar refractivity (Wildman–Crippen MR) is 106 cm³/mol. The van der Waals surface area contributed by atoms with Crippen molar-refractivity contribution in [3.63, 3.8) is 0 Å². The molecule has 0 saturated heterocycles. The summed E-state index contributed by atoms with van der Waals surface area (Å²) in [5, 5.41) is 11.7. The number of hydrogen-bond donors (Lipinski definition) is 2. The first-order chi connectivity index (χ1) is 13.3. The van der Waals surface area contributed by atoms with Crippen molar-refractivity contribution in [2.45, 2.75) is 24.7 Å². The summed E-state index contributed by atoms with van der Waals surface area (Å²) in [7, 11) is -3.99. The minimum Gasteiger partial charge on any atom is -0.296 e. The minimum absolute atomic E-state index is 0.0953. The molecule has 0 aliphatic heterocycles. The van der Waals surface area contributed by atoms with Crippen LogP contribution >= 0.6 is 11.3 Å². The Morgan fingerprint density at radius 2 is 1.75 bits per heavy atom. The monoisotopic (exact) mass is 420 g/mol. The van der Waals surface area contributed by atoms with Gasteiger partial charge in [-0.3, -0.25) is 14.8 Å². The van der Waals surface area contributed by atoms with Crippen LogP contribution < -0.4 is 10.0 Å². The number of amides is 1. The Morgan fingerprint density at radius 1 is 1.07 bits per heavy atom. The zero-order chi connectivity index (χ0) is 20.3. The molecular formula is C18H17FN4O3S2. The van der Waals surface area contributed by atoms with E-state index in [4.69, 9.17) is 0 Å². The van der Waals surface area contributed by atoms with Crippen molar-refractivity contribution in [3.8, 4) is 0 Å². The number of carbonyl (C=O) groups excluding carboxylic acids is 1. The van der Waals surface area contributed by atoms with Crippen molar-refractivity contribution in [3.05, 3.63) is 64.9 Å². The molecule has 7 nitrogen and oxygen atoms in total. The molecule has 0 radical (unpaired) electrons. The maximum absolute atomic E-state index is 13.1. The van der Waals surface area contributed by atoms with Crippen LogP contribution in [-0.4, -0.2) is 24.5 Å². The number of anilines is 2. The van der Waals surface area contributed by atoms with Gasteiger partial charge in [-0.05, 0) is 36.4 Å². The second kappa shape index (κ2) is 8.03. The molecule has 0 atom stereocenters. The Labute approximate surface area is 165 Å². The summed E-state index contributed by atoms with van der Waals surface area (Å²) in [6.07, 6.45) is 0. The quantitative estimate of drug-likeness (QED) is 0.631.